The van der Waals surface area contributed by atoms with E-state index in [1.165, 1.54) is 12.8 Å². The van der Waals surface area contributed by atoms with Gasteiger partial charge in [-0.15, -0.1) is 11.6 Å². The van der Waals surface area contributed by atoms with Crippen molar-refractivity contribution in [2.24, 2.45) is 5.92 Å². The van der Waals surface area contributed by atoms with Crippen molar-refractivity contribution in [1.29, 1.82) is 0 Å². The molecule has 0 saturated carbocycles. The lowest BCUT2D eigenvalue weighted by Gasteiger charge is -2.35. The van der Waals surface area contributed by atoms with Gasteiger partial charge < -0.3 is 5.32 Å². The molecule has 0 aromatic carbocycles. The maximum absolute atomic E-state index is 11.5. The molecule has 0 radical (unpaired) electrons. The first kappa shape index (κ1) is 20.1. The van der Waals surface area contributed by atoms with Gasteiger partial charge in [0.25, 0.3) is 0 Å². The molecule has 0 aromatic rings. The second kappa shape index (κ2) is 11.8. The third-order valence-corrected chi connectivity index (χ3v) is 3.96. The highest BCUT2D eigenvalue weighted by atomic mass is 35.5. The minimum Gasteiger partial charge on any atom is -0.350 e. The SMILES string of the molecule is CC.CCC(CC)CC(CC)(CC)NC(=O)CCl. The molecule has 110 valence electrons. The van der Waals surface area contributed by atoms with Gasteiger partial charge in [-0.05, 0) is 25.2 Å². The number of hydrogen-bond donors (Lipinski definition) is 1. The minimum absolute atomic E-state index is 0.0451. The van der Waals surface area contributed by atoms with Gasteiger partial charge in [-0.25, -0.2) is 0 Å². The van der Waals surface area contributed by atoms with E-state index in [0.717, 1.165) is 19.3 Å². The van der Waals surface area contributed by atoms with Crippen molar-refractivity contribution in [3.63, 3.8) is 0 Å². The Hall–Kier alpha value is -0.240. The van der Waals surface area contributed by atoms with E-state index in [9.17, 15) is 4.79 Å². The molecule has 0 aromatic heterocycles. The van der Waals surface area contributed by atoms with E-state index in [0.29, 0.717) is 5.92 Å². The fourth-order valence-corrected chi connectivity index (χ4v) is 2.29. The summed E-state index contributed by atoms with van der Waals surface area (Å²) in [6.07, 6.45) is 5.37. The second-order valence-corrected chi connectivity index (χ2v) is 4.82. The first-order chi connectivity index (χ1) is 8.57. The number of rotatable bonds is 8. The summed E-state index contributed by atoms with van der Waals surface area (Å²) in [4.78, 5) is 11.5. The first-order valence-electron chi connectivity index (χ1n) is 7.44. The molecule has 3 heteroatoms. The van der Waals surface area contributed by atoms with Crippen LogP contribution in [-0.2, 0) is 4.79 Å². The smallest absolute Gasteiger partial charge is 0.235 e. The molecule has 0 atom stereocenters. The van der Waals surface area contributed by atoms with Crippen molar-refractivity contribution in [3.05, 3.63) is 0 Å². The Kier molecular flexibility index (Phi) is 13.2. The molecule has 0 fully saturated rings. The highest BCUT2D eigenvalue weighted by Crippen LogP contribution is 2.28. The average molecular weight is 278 g/mol. The highest BCUT2D eigenvalue weighted by molar-refractivity contribution is 6.27. The molecule has 0 saturated heterocycles. The summed E-state index contributed by atoms with van der Waals surface area (Å²) in [5, 5.41) is 3.11. The number of nitrogens with one attached hydrogen (secondary N) is 1. The monoisotopic (exact) mass is 277 g/mol. The molecule has 0 unspecified atom stereocenters. The molecule has 1 amide bonds. The van der Waals surface area contributed by atoms with Crippen LogP contribution in [0.1, 0.15) is 73.6 Å². The number of alkyl halides is 1. The van der Waals surface area contributed by atoms with Gasteiger partial charge in [-0.1, -0.05) is 54.4 Å². The summed E-state index contributed by atoms with van der Waals surface area (Å²) in [6.45, 7) is 12.7. The molecule has 2 nitrogen and oxygen atoms in total. The van der Waals surface area contributed by atoms with Crippen LogP contribution < -0.4 is 5.32 Å². The maximum atomic E-state index is 11.5. The van der Waals surface area contributed by atoms with Gasteiger partial charge in [0.15, 0.2) is 0 Å². The number of amides is 1. The summed E-state index contributed by atoms with van der Waals surface area (Å²) in [5.41, 5.74) is -0.0529. The number of halogens is 1. The Labute approximate surface area is 119 Å². The lowest BCUT2D eigenvalue weighted by molar-refractivity contribution is -0.121. The largest absolute Gasteiger partial charge is 0.350 e. The van der Waals surface area contributed by atoms with Gasteiger partial charge in [0.1, 0.15) is 5.88 Å². The minimum atomic E-state index is -0.0529. The number of carbonyl (C=O) groups is 1. The van der Waals surface area contributed by atoms with Crippen molar-refractivity contribution in [2.45, 2.75) is 79.2 Å². The van der Waals surface area contributed by atoms with Crippen LogP contribution in [0.5, 0.6) is 0 Å². The predicted octanol–water partition coefficient (Wildman–Crippen LogP) is 4.75. The van der Waals surface area contributed by atoms with Gasteiger partial charge in [0, 0.05) is 5.54 Å². The molecular formula is C15H32ClNO. The molecule has 0 aliphatic rings. The van der Waals surface area contributed by atoms with E-state index in [2.05, 4.69) is 33.0 Å². The van der Waals surface area contributed by atoms with Crippen molar-refractivity contribution >= 4 is 17.5 Å². The topological polar surface area (TPSA) is 29.1 Å². The Morgan fingerprint density at radius 3 is 1.83 bits per heavy atom. The zero-order valence-electron chi connectivity index (χ0n) is 13.1. The predicted molar refractivity (Wildman–Crippen MR) is 82.2 cm³/mol. The van der Waals surface area contributed by atoms with Crippen LogP contribution in [0.25, 0.3) is 0 Å². The molecule has 0 heterocycles. The van der Waals surface area contributed by atoms with Gasteiger partial charge in [-0.2, -0.15) is 0 Å². The normalized spacial score (nSPS) is 10.9. The van der Waals surface area contributed by atoms with Gasteiger partial charge >= 0.3 is 0 Å². The summed E-state index contributed by atoms with van der Waals surface area (Å²) in [7, 11) is 0. The van der Waals surface area contributed by atoms with E-state index in [-0.39, 0.29) is 17.3 Å². The second-order valence-electron chi connectivity index (χ2n) is 4.56. The van der Waals surface area contributed by atoms with Crippen molar-refractivity contribution in [2.75, 3.05) is 5.88 Å². The van der Waals surface area contributed by atoms with E-state index >= 15 is 0 Å². The third-order valence-electron chi connectivity index (χ3n) is 3.71. The molecule has 0 rings (SSSR count). The van der Waals surface area contributed by atoms with Crippen LogP contribution in [0.3, 0.4) is 0 Å². The summed E-state index contributed by atoms with van der Waals surface area (Å²) >= 11 is 5.56. The standard InChI is InChI=1S/C13H26ClNO.C2H6/c1-5-11(6-2)9-13(7-3,8-4)15-12(16)10-14;1-2/h11H,5-10H2,1-4H3,(H,15,16);1-2H3. The molecule has 0 spiro atoms. The number of hydrogen-bond acceptors (Lipinski definition) is 1. The average Bonchev–Trinajstić information content (AvgIpc) is 2.45. The summed E-state index contributed by atoms with van der Waals surface area (Å²) < 4.78 is 0. The Balaban J connectivity index is 0. The van der Waals surface area contributed by atoms with Gasteiger partial charge in [0.05, 0.1) is 0 Å². The van der Waals surface area contributed by atoms with Crippen LogP contribution in [-0.4, -0.2) is 17.3 Å². The summed E-state index contributed by atoms with van der Waals surface area (Å²) in [6, 6.07) is 0. The fourth-order valence-electron chi connectivity index (χ4n) is 2.23. The Bertz CT molecular complexity index is 199. The van der Waals surface area contributed by atoms with E-state index in [1.54, 1.807) is 0 Å². The zero-order chi connectivity index (χ0) is 14.6. The lowest BCUT2D eigenvalue weighted by atomic mass is 9.81. The quantitative estimate of drug-likeness (QED) is 0.637. The highest BCUT2D eigenvalue weighted by Gasteiger charge is 2.29. The molecule has 0 aliphatic carbocycles. The van der Waals surface area contributed by atoms with Crippen LogP contribution >= 0.6 is 11.6 Å². The fraction of sp³-hybridized carbons (Fsp3) is 0.933. The van der Waals surface area contributed by atoms with E-state index in [1.807, 2.05) is 13.8 Å². The third kappa shape index (κ3) is 7.25. The van der Waals surface area contributed by atoms with Crippen molar-refractivity contribution in [1.82, 2.24) is 5.32 Å². The molecule has 1 N–H and O–H groups in total. The van der Waals surface area contributed by atoms with Crippen molar-refractivity contribution in [3.8, 4) is 0 Å². The van der Waals surface area contributed by atoms with Gasteiger partial charge in [-0.3, -0.25) is 4.79 Å². The lowest BCUT2D eigenvalue weighted by Crippen LogP contribution is -2.49. The molecule has 0 aliphatic heterocycles. The zero-order valence-corrected chi connectivity index (χ0v) is 13.9. The molecule has 0 bridgehead atoms. The number of carbonyl (C=O) groups excluding carboxylic acids is 1. The molecule has 18 heavy (non-hydrogen) atoms. The van der Waals surface area contributed by atoms with Crippen LogP contribution in [0.15, 0.2) is 0 Å². The maximum Gasteiger partial charge on any atom is 0.235 e. The van der Waals surface area contributed by atoms with Gasteiger partial charge in [0.2, 0.25) is 5.91 Å². The van der Waals surface area contributed by atoms with Crippen LogP contribution in [0.2, 0.25) is 0 Å². The Morgan fingerprint density at radius 2 is 1.56 bits per heavy atom. The van der Waals surface area contributed by atoms with E-state index in [4.69, 9.17) is 11.6 Å². The van der Waals surface area contributed by atoms with Crippen molar-refractivity contribution < 1.29 is 4.79 Å². The Morgan fingerprint density at radius 1 is 1.11 bits per heavy atom. The molecular weight excluding hydrogens is 246 g/mol. The van der Waals surface area contributed by atoms with Crippen LogP contribution in [0, 0.1) is 5.92 Å². The summed E-state index contributed by atoms with van der Waals surface area (Å²) in [5.74, 6) is 0.705. The van der Waals surface area contributed by atoms with Crippen LogP contribution in [0.4, 0.5) is 0 Å². The van der Waals surface area contributed by atoms with E-state index < -0.39 is 0 Å². The first-order valence-corrected chi connectivity index (χ1v) is 7.97.